The van der Waals surface area contributed by atoms with Crippen molar-refractivity contribution in [3.05, 3.63) is 95.6 Å². The summed E-state index contributed by atoms with van der Waals surface area (Å²) in [6.07, 6.45) is 0. The second kappa shape index (κ2) is 6.49. The summed E-state index contributed by atoms with van der Waals surface area (Å²) in [6, 6.07) is 22.4. The summed E-state index contributed by atoms with van der Waals surface area (Å²) in [5, 5.41) is 9.36. The predicted octanol–water partition coefficient (Wildman–Crippen LogP) is 4.26. The number of sulfone groups is 1. The zero-order valence-corrected chi connectivity index (χ0v) is 14.1. The molecule has 0 aliphatic carbocycles. The van der Waals surface area contributed by atoms with Crippen LogP contribution in [0.25, 0.3) is 0 Å². The first kappa shape index (κ1) is 16.3. The first-order chi connectivity index (χ1) is 11.5. The molecule has 0 amide bonds. The summed E-state index contributed by atoms with van der Waals surface area (Å²) in [7, 11) is -3.71. The average molecular weight is 338 g/mol. The number of benzene rings is 3. The predicted molar refractivity (Wildman–Crippen MR) is 94.8 cm³/mol. The van der Waals surface area contributed by atoms with Crippen molar-refractivity contribution in [3.8, 4) is 5.75 Å². The molecule has 0 saturated heterocycles. The first-order valence-corrected chi connectivity index (χ1v) is 9.18. The number of phenols is 1. The fourth-order valence-corrected chi connectivity index (χ4v) is 4.63. The fraction of sp³-hybridized carbons (Fsp3) is 0.100. The van der Waals surface area contributed by atoms with E-state index in [1.165, 1.54) is 0 Å². The molecule has 0 spiro atoms. The molecule has 0 aliphatic rings. The Morgan fingerprint density at radius 1 is 0.833 bits per heavy atom. The molecule has 3 nitrogen and oxygen atoms in total. The molecule has 1 N–H and O–H groups in total. The topological polar surface area (TPSA) is 54.4 Å². The number of hydrogen-bond acceptors (Lipinski definition) is 3. The van der Waals surface area contributed by atoms with Crippen molar-refractivity contribution in [2.45, 2.75) is 17.1 Å². The van der Waals surface area contributed by atoms with Gasteiger partial charge in [0.15, 0.2) is 9.84 Å². The summed E-state index contributed by atoms with van der Waals surface area (Å²) in [5.74, 6) is -0.0195. The van der Waals surface area contributed by atoms with Crippen LogP contribution in [-0.2, 0) is 9.84 Å². The highest BCUT2D eigenvalue weighted by atomic mass is 32.2. The third-order valence-electron chi connectivity index (χ3n) is 3.95. The van der Waals surface area contributed by atoms with E-state index in [4.69, 9.17) is 0 Å². The lowest BCUT2D eigenvalue weighted by Crippen LogP contribution is -2.15. The van der Waals surface area contributed by atoms with E-state index in [0.717, 1.165) is 5.56 Å². The molecule has 0 bridgehead atoms. The summed E-state index contributed by atoms with van der Waals surface area (Å²) in [6.45, 7) is 1.88. The van der Waals surface area contributed by atoms with E-state index in [1.54, 1.807) is 72.8 Å². The highest BCUT2D eigenvalue weighted by Gasteiger charge is 2.32. The van der Waals surface area contributed by atoms with Gasteiger partial charge in [0.2, 0.25) is 0 Å². The molecule has 0 fully saturated rings. The maximum atomic E-state index is 13.3. The van der Waals surface area contributed by atoms with Gasteiger partial charge in [-0.25, -0.2) is 8.42 Å². The van der Waals surface area contributed by atoms with Gasteiger partial charge in [-0.05, 0) is 30.7 Å². The number of hydrogen-bond donors (Lipinski definition) is 1. The first-order valence-electron chi connectivity index (χ1n) is 7.63. The van der Waals surface area contributed by atoms with Crippen LogP contribution in [0.1, 0.15) is 21.9 Å². The minimum absolute atomic E-state index is 0.0195. The highest BCUT2D eigenvalue weighted by Crippen LogP contribution is 2.39. The molecule has 3 aromatic carbocycles. The minimum Gasteiger partial charge on any atom is -0.508 e. The summed E-state index contributed by atoms with van der Waals surface area (Å²) in [5.41, 5.74) is 1.92. The Hall–Kier alpha value is -2.59. The molecule has 0 aliphatic heterocycles. The lowest BCUT2D eigenvalue weighted by atomic mass is 10.0. The van der Waals surface area contributed by atoms with Crippen LogP contribution in [-0.4, -0.2) is 13.5 Å². The Balaban J connectivity index is 2.26. The van der Waals surface area contributed by atoms with E-state index >= 15 is 0 Å². The van der Waals surface area contributed by atoms with Gasteiger partial charge in [-0.3, -0.25) is 0 Å². The third-order valence-corrected chi connectivity index (χ3v) is 6.03. The van der Waals surface area contributed by atoms with Gasteiger partial charge in [-0.15, -0.1) is 0 Å². The molecule has 1 atom stereocenters. The van der Waals surface area contributed by atoms with Crippen molar-refractivity contribution >= 4 is 9.84 Å². The highest BCUT2D eigenvalue weighted by molar-refractivity contribution is 7.92. The Bertz CT molecular complexity index is 933. The van der Waals surface area contributed by atoms with Crippen molar-refractivity contribution in [1.29, 1.82) is 0 Å². The quantitative estimate of drug-likeness (QED) is 0.773. The van der Waals surface area contributed by atoms with Crippen LogP contribution in [0.2, 0.25) is 0 Å². The molecule has 4 heteroatoms. The van der Waals surface area contributed by atoms with Gasteiger partial charge in [-0.1, -0.05) is 66.2 Å². The van der Waals surface area contributed by atoms with Crippen LogP contribution < -0.4 is 0 Å². The van der Waals surface area contributed by atoms with Crippen LogP contribution in [0.3, 0.4) is 0 Å². The molecule has 0 radical (unpaired) electrons. The molecule has 3 aromatic rings. The zero-order chi connectivity index (χ0) is 17.2. The number of rotatable bonds is 4. The number of phenolic OH excluding ortho intramolecular Hbond substituents is 1. The molecule has 3 rings (SSSR count). The molecule has 0 heterocycles. The Labute approximate surface area is 142 Å². The molecule has 1 unspecified atom stereocenters. The maximum Gasteiger partial charge on any atom is 0.189 e. The minimum atomic E-state index is -3.71. The number of aryl methyl sites for hydroxylation is 1. The van der Waals surface area contributed by atoms with Gasteiger partial charge >= 0.3 is 0 Å². The zero-order valence-electron chi connectivity index (χ0n) is 13.3. The summed E-state index contributed by atoms with van der Waals surface area (Å²) in [4.78, 5) is 0.236. The van der Waals surface area contributed by atoms with Gasteiger partial charge < -0.3 is 5.11 Å². The van der Waals surface area contributed by atoms with E-state index in [2.05, 4.69) is 0 Å². The van der Waals surface area contributed by atoms with Crippen molar-refractivity contribution in [3.63, 3.8) is 0 Å². The van der Waals surface area contributed by atoms with Crippen LogP contribution in [0.4, 0.5) is 0 Å². The third kappa shape index (κ3) is 3.05. The van der Waals surface area contributed by atoms with Gasteiger partial charge in [-0.2, -0.15) is 0 Å². The molecular weight excluding hydrogens is 320 g/mol. The van der Waals surface area contributed by atoms with E-state index in [-0.39, 0.29) is 10.6 Å². The van der Waals surface area contributed by atoms with Gasteiger partial charge in [0.25, 0.3) is 0 Å². The van der Waals surface area contributed by atoms with E-state index in [9.17, 15) is 13.5 Å². The smallest absolute Gasteiger partial charge is 0.189 e. The molecular formula is C20H18O3S. The van der Waals surface area contributed by atoms with Gasteiger partial charge in [0, 0.05) is 5.56 Å². The fourth-order valence-electron chi connectivity index (χ4n) is 2.78. The van der Waals surface area contributed by atoms with Crippen LogP contribution >= 0.6 is 0 Å². The van der Waals surface area contributed by atoms with Crippen molar-refractivity contribution < 1.29 is 13.5 Å². The normalized spacial score (nSPS) is 12.7. The van der Waals surface area contributed by atoms with E-state index in [0.29, 0.717) is 11.1 Å². The van der Waals surface area contributed by atoms with Crippen LogP contribution in [0.15, 0.2) is 83.8 Å². The van der Waals surface area contributed by atoms with E-state index < -0.39 is 15.1 Å². The van der Waals surface area contributed by atoms with Crippen molar-refractivity contribution in [1.82, 2.24) is 0 Å². The monoisotopic (exact) mass is 338 g/mol. The van der Waals surface area contributed by atoms with Crippen LogP contribution in [0, 0.1) is 6.92 Å². The molecule has 122 valence electrons. The number of aromatic hydroxyl groups is 1. The van der Waals surface area contributed by atoms with Gasteiger partial charge in [0.05, 0.1) is 4.90 Å². The second-order valence-electron chi connectivity index (χ2n) is 5.71. The van der Waals surface area contributed by atoms with Crippen molar-refractivity contribution in [2.24, 2.45) is 0 Å². The lowest BCUT2D eigenvalue weighted by Gasteiger charge is -2.20. The second-order valence-corrected chi connectivity index (χ2v) is 7.74. The Kier molecular flexibility index (Phi) is 4.40. The largest absolute Gasteiger partial charge is 0.508 e. The van der Waals surface area contributed by atoms with E-state index in [1.807, 2.05) is 13.0 Å². The summed E-state index contributed by atoms with van der Waals surface area (Å²) >= 11 is 0. The maximum absolute atomic E-state index is 13.3. The Morgan fingerprint density at radius 3 is 2.04 bits per heavy atom. The molecule has 0 saturated carbocycles. The average Bonchev–Trinajstić information content (AvgIpc) is 2.60. The summed E-state index contributed by atoms with van der Waals surface area (Å²) < 4.78 is 26.6. The lowest BCUT2D eigenvalue weighted by molar-refractivity contribution is 0.467. The standard InChI is InChI=1S/C20H18O3S/c1-15-12-13-19(21)18(14-15)20(16-8-4-2-5-9-16)24(22,23)17-10-6-3-7-11-17/h2-14,20-21H,1H3. The van der Waals surface area contributed by atoms with Gasteiger partial charge in [0.1, 0.15) is 11.0 Å². The SMILES string of the molecule is Cc1ccc(O)c(C(c2ccccc2)S(=O)(=O)c2ccccc2)c1. The molecule has 24 heavy (non-hydrogen) atoms. The Morgan fingerprint density at radius 2 is 1.42 bits per heavy atom. The van der Waals surface area contributed by atoms with Crippen LogP contribution in [0.5, 0.6) is 5.75 Å². The molecule has 0 aromatic heterocycles. The van der Waals surface area contributed by atoms with Crippen molar-refractivity contribution in [2.75, 3.05) is 0 Å².